The zero-order valence-electron chi connectivity index (χ0n) is 11.5. The molecule has 1 saturated heterocycles. The van der Waals surface area contributed by atoms with E-state index in [0.717, 1.165) is 18.5 Å². The first-order valence-corrected chi connectivity index (χ1v) is 8.83. The molecular formula is C16H12I2N2O2. The molecule has 1 fully saturated rings. The minimum atomic E-state index is -0.0663. The summed E-state index contributed by atoms with van der Waals surface area (Å²) in [6.07, 6.45) is 0. The Morgan fingerprint density at radius 2 is 1.05 bits per heavy atom. The van der Waals surface area contributed by atoms with Gasteiger partial charge in [0.2, 0.25) is 11.8 Å². The van der Waals surface area contributed by atoms with E-state index >= 15 is 0 Å². The van der Waals surface area contributed by atoms with E-state index in [4.69, 9.17) is 0 Å². The van der Waals surface area contributed by atoms with Crippen LogP contribution in [-0.2, 0) is 9.59 Å². The van der Waals surface area contributed by atoms with Crippen molar-refractivity contribution in [1.82, 2.24) is 0 Å². The van der Waals surface area contributed by atoms with Crippen LogP contribution < -0.4 is 9.80 Å². The van der Waals surface area contributed by atoms with Crippen molar-refractivity contribution in [1.29, 1.82) is 0 Å². The van der Waals surface area contributed by atoms with Gasteiger partial charge < -0.3 is 9.80 Å². The Bertz CT molecular complexity index is 685. The molecule has 1 aliphatic rings. The van der Waals surface area contributed by atoms with Gasteiger partial charge in [-0.3, -0.25) is 9.59 Å². The van der Waals surface area contributed by atoms with E-state index < -0.39 is 0 Å². The summed E-state index contributed by atoms with van der Waals surface area (Å²) in [6, 6.07) is 15.2. The second-order valence-corrected chi connectivity index (χ2v) is 7.19. The second-order valence-electron chi connectivity index (χ2n) is 4.86. The Kier molecular flexibility index (Phi) is 4.67. The quantitative estimate of drug-likeness (QED) is 0.574. The summed E-state index contributed by atoms with van der Waals surface area (Å²) >= 11 is 4.36. The molecule has 6 heteroatoms. The summed E-state index contributed by atoms with van der Waals surface area (Å²) in [4.78, 5) is 28.2. The molecule has 22 heavy (non-hydrogen) atoms. The maximum atomic E-state index is 12.5. The van der Waals surface area contributed by atoms with Crippen LogP contribution in [0, 0.1) is 7.14 Å². The number of halogens is 2. The van der Waals surface area contributed by atoms with Gasteiger partial charge >= 0.3 is 0 Å². The maximum Gasteiger partial charge on any atom is 0.247 e. The van der Waals surface area contributed by atoms with Crippen LogP contribution in [0.1, 0.15) is 0 Å². The molecule has 1 heterocycles. The lowest BCUT2D eigenvalue weighted by molar-refractivity contribution is -0.125. The first-order chi connectivity index (χ1) is 10.6. The van der Waals surface area contributed by atoms with Crippen molar-refractivity contribution in [2.24, 2.45) is 0 Å². The average molecular weight is 518 g/mol. The molecule has 0 aliphatic carbocycles. The van der Waals surface area contributed by atoms with Gasteiger partial charge in [-0.15, -0.1) is 0 Å². The van der Waals surface area contributed by atoms with Crippen molar-refractivity contribution in [3.8, 4) is 0 Å². The van der Waals surface area contributed by atoms with Gasteiger partial charge in [-0.25, -0.2) is 0 Å². The van der Waals surface area contributed by atoms with Crippen LogP contribution in [0.2, 0.25) is 0 Å². The van der Waals surface area contributed by atoms with Gasteiger partial charge in [0, 0.05) is 7.14 Å². The number of amides is 2. The fraction of sp³-hybridized carbons (Fsp3) is 0.125. The van der Waals surface area contributed by atoms with Crippen molar-refractivity contribution >= 4 is 68.4 Å². The number of hydrogen-bond acceptors (Lipinski definition) is 2. The molecule has 2 aromatic carbocycles. The Morgan fingerprint density at radius 3 is 1.41 bits per heavy atom. The molecule has 0 N–H and O–H groups in total. The monoisotopic (exact) mass is 518 g/mol. The van der Waals surface area contributed by atoms with E-state index in [1.807, 2.05) is 48.5 Å². The van der Waals surface area contributed by atoms with E-state index in [9.17, 15) is 9.59 Å². The standard InChI is InChI=1S/C16H12I2N2O2/c17-11-5-1-3-7-13(11)19-9-16(22)20(10-15(19)21)14-8-4-2-6-12(14)18/h1-8H,9-10H2. The first-order valence-electron chi connectivity index (χ1n) is 6.67. The highest BCUT2D eigenvalue weighted by molar-refractivity contribution is 14.1. The number of carbonyl (C=O) groups is 2. The number of carbonyl (C=O) groups excluding carboxylic acids is 2. The molecule has 4 nitrogen and oxygen atoms in total. The molecule has 3 rings (SSSR count). The van der Waals surface area contributed by atoms with E-state index in [1.54, 1.807) is 9.80 Å². The van der Waals surface area contributed by atoms with Crippen molar-refractivity contribution in [3.05, 3.63) is 55.7 Å². The second kappa shape index (κ2) is 6.53. The Hall–Kier alpha value is -1.16. The van der Waals surface area contributed by atoms with Crippen molar-refractivity contribution in [3.63, 3.8) is 0 Å². The summed E-state index contributed by atoms with van der Waals surface area (Å²) in [5, 5.41) is 0. The normalized spacial score (nSPS) is 15.4. The molecule has 0 spiro atoms. The predicted octanol–water partition coefficient (Wildman–Crippen LogP) is 3.28. The van der Waals surface area contributed by atoms with Gasteiger partial charge in [-0.2, -0.15) is 0 Å². The molecule has 2 amide bonds. The fourth-order valence-electron chi connectivity index (χ4n) is 2.40. The molecule has 112 valence electrons. The molecule has 0 aromatic heterocycles. The van der Waals surface area contributed by atoms with Gasteiger partial charge in [0.15, 0.2) is 0 Å². The lowest BCUT2D eigenvalue weighted by Crippen LogP contribution is -2.54. The third-order valence-corrected chi connectivity index (χ3v) is 5.30. The number of piperazine rings is 1. The lowest BCUT2D eigenvalue weighted by Gasteiger charge is -2.34. The highest BCUT2D eigenvalue weighted by Gasteiger charge is 2.33. The molecule has 0 saturated carbocycles. The lowest BCUT2D eigenvalue weighted by atomic mass is 10.2. The number of hydrogen-bond donors (Lipinski definition) is 0. The van der Waals surface area contributed by atoms with Crippen LogP contribution in [0.4, 0.5) is 11.4 Å². The van der Waals surface area contributed by atoms with Gasteiger partial charge in [-0.1, -0.05) is 24.3 Å². The summed E-state index contributed by atoms with van der Waals surface area (Å²) in [5.41, 5.74) is 1.59. The van der Waals surface area contributed by atoms with Gasteiger partial charge in [0.25, 0.3) is 0 Å². The van der Waals surface area contributed by atoms with Crippen LogP contribution >= 0.6 is 45.2 Å². The van der Waals surface area contributed by atoms with Crippen molar-refractivity contribution < 1.29 is 9.59 Å². The topological polar surface area (TPSA) is 40.6 Å². The summed E-state index contributed by atoms with van der Waals surface area (Å²) < 4.78 is 1.92. The third-order valence-electron chi connectivity index (χ3n) is 3.48. The highest BCUT2D eigenvalue weighted by Crippen LogP contribution is 2.28. The van der Waals surface area contributed by atoms with Crippen LogP contribution in [0.5, 0.6) is 0 Å². The smallest absolute Gasteiger partial charge is 0.247 e. The van der Waals surface area contributed by atoms with Crippen LogP contribution in [-0.4, -0.2) is 24.9 Å². The van der Waals surface area contributed by atoms with Crippen LogP contribution in [0.3, 0.4) is 0 Å². The summed E-state index contributed by atoms with van der Waals surface area (Å²) in [5.74, 6) is -0.133. The van der Waals surface area contributed by atoms with Crippen molar-refractivity contribution in [2.75, 3.05) is 22.9 Å². The average Bonchev–Trinajstić information content (AvgIpc) is 2.51. The molecular weight excluding hydrogens is 506 g/mol. The number of para-hydroxylation sites is 2. The number of nitrogens with zero attached hydrogens (tertiary/aromatic N) is 2. The summed E-state index contributed by atoms with van der Waals surface area (Å²) in [6.45, 7) is 0.146. The fourth-order valence-corrected chi connectivity index (χ4v) is 3.76. The SMILES string of the molecule is O=C1CN(c2ccccc2I)C(=O)CN1c1ccccc1I. The number of rotatable bonds is 2. The molecule has 0 atom stereocenters. The van der Waals surface area contributed by atoms with E-state index in [-0.39, 0.29) is 24.9 Å². The maximum absolute atomic E-state index is 12.5. The molecule has 1 aliphatic heterocycles. The minimum Gasteiger partial charge on any atom is -0.300 e. The largest absolute Gasteiger partial charge is 0.300 e. The Balaban J connectivity index is 1.90. The van der Waals surface area contributed by atoms with Gasteiger partial charge in [0.1, 0.15) is 13.1 Å². The molecule has 0 unspecified atom stereocenters. The van der Waals surface area contributed by atoms with E-state index in [2.05, 4.69) is 45.2 Å². The Morgan fingerprint density at radius 1 is 0.682 bits per heavy atom. The Labute approximate surface area is 155 Å². The molecule has 0 bridgehead atoms. The van der Waals surface area contributed by atoms with Gasteiger partial charge in [-0.05, 0) is 69.4 Å². The van der Waals surface area contributed by atoms with Crippen LogP contribution in [0.25, 0.3) is 0 Å². The van der Waals surface area contributed by atoms with E-state index in [0.29, 0.717) is 0 Å². The van der Waals surface area contributed by atoms with E-state index in [1.165, 1.54) is 0 Å². The predicted molar refractivity (Wildman–Crippen MR) is 103 cm³/mol. The zero-order chi connectivity index (χ0) is 15.7. The number of anilines is 2. The van der Waals surface area contributed by atoms with Gasteiger partial charge in [0.05, 0.1) is 11.4 Å². The zero-order valence-corrected chi connectivity index (χ0v) is 15.8. The van der Waals surface area contributed by atoms with Crippen LogP contribution in [0.15, 0.2) is 48.5 Å². The third kappa shape index (κ3) is 2.98. The van der Waals surface area contributed by atoms with Crippen molar-refractivity contribution in [2.45, 2.75) is 0 Å². The first kappa shape index (κ1) is 15.7. The molecule has 2 aromatic rings. The number of benzene rings is 2. The summed E-state index contributed by atoms with van der Waals surface area (Å²) in [7, 11) is 0. The highest BCUT2D eigenvalue weighted by atomic mass is 127. The molecule has 0 radical (unpaired) electrons. The minimum absolute atomic E-state index is 0.0663.